The van der Waals surface area contributed by atoms with Crippen LogP contribution in [0.4, 0.5) is 0 Å². The summed E-state index contributed by atoms with van der Waals surface area (Å²) in [6.07, 6.45) is 3.21. The van der Waals surface area contributed by atoms with E-state index in [-0.39, 0.29) is 0 Å². The minimum atomic E-state index is 0.318. The summed E-state index contributed by atoms with van der Waals surface area (Å²) in [5, 5.41) is 10.6. The topological polar surface area (TPSA) is 25.2 Å². The van der Waals surface area contributed by atoms with Gasteiger partial charge in [-0.1, -0.05) is 38.1 Å². The maximum Gasteiger partial charge on any atom is 0.116 e. The smallest absolute Gasteiger partial charge is 0.116 e. The first kappa shape index (κ1) is 13.7. The first-order valence-electron chi connectivity index (χ1n) is 7.47. The molecule has 1 N–H and O–H groups in total. The Labute approximate surface area is 125 Å². The quantitative estimate of drug-likeness (QED) is 0.742. The molecule has 21 heavy (non-hydrogen) atoms. The number of rotatable bonds is 4. The lowest BCUT2D eigenvalue weighted by molar-refractivity contribution is 0.476. The number of phenols is 1. The van der Waals surface area contributed by atoms with E-state index in [1.807, 2.05) is 12.1 Å². The van der Waals surface area contributed by atoms with E-state index in [9.17, 15) is 5.11 Å². The highest BCUT2D eigenvalue weighted by atomic mass is 16.3. The predicted molar refractivity (Wildman–Crippen MR) is 87.7 cm³/mol. The number of nitrogens with zero attached hydrogens (tertiary/aromatic N) is 1. The first-order chi connectivity index (χ1) is 10.1. The zero-order chi connectivity index (χ0) is 14.8. The van der Waals surface area contributed by atoms with Crippen LogP contribution < -0.4 is 0 Å². The molecule has 108 valence electrons. The molecule has 1 heterocycles. The van der Waals surface area contributed by atoms with Gasteiger partial charge in [0.05, 0.1) is 0 Å². The van der Waals surface area contributed by atoms with Gasteiger partial charge in [-0.05, 0) is 47.7 Å². The molecule has 3 rings (SSSR count). The Morgan fingerprint density at radius 3 is 2.38 bits per heavy atom. The fourth-order valence-corrected chi connectivity index (χ4v) is 2.77. The standard InChI is InChI=1S/C19H21NO/c1-14(2)11-15-3-5-16(6-4-15)13-20-10-9-17-12-18(21)7-8-19(17)20/h3-10,12,14,21H,11,13H2,1-2H3. The van der Waals surface area contributed by atoms with Gasteiger partial charge in [0.1, 0.15) is 5.75 Å². The van der Waals surface area contributed by atoms with E-state index in [1.165, 1.54) is 11.1 Å². The molecule has 2 heteroatoms. The highest BCUT2D eigenvalue weighted by molar-refractivity contribution is 5.81. The third-order valence-electron chi connectivity index (χ3n) is 3.77. The molecule has 0 amide bonds. The summed E-state index contributed by atoms with van der Waals surface area (Å²) in [5.41, 5.74) is 3.85. The first-order valence-corrected chi connectivity index (χ1v) is 7.47. The molecule has 0 unspecified atom stereocenters. The van der Waals surface area contributed by atoms with Gasteiger partial charge in [-0.15, -0.1) is 0 Å². The lowest BCUT2D eigenvalue weighted by Crippen LogP contribution is -1.99. The van der Waals surface area contributed by atoms with Crippen molar-refractivity contribution >= 4 is 10.9 Å². The molecule has 0 fully saturated rings. The van der Waals surface area contributed by atoms with E-state index in [0.717, 1.165) is 23.9 Å². The van der Waals surface area contributed by atoms with Gasteiger partial charge >= 0.3 is 0 Å². The molecular weight excluding hydrogens is 258 g/mol. The van der Waals surface area contributed by atoms with Crippen LogP contribution in [0.3, 0.4) is 0 Å². The maximum atomic E-state index is 9.52. The van der Waals surface area contributed by atoms with Crippen molar-refractivity contribution in [3.05, 3.63) is 65.9 Å². The summed E-state index contributed by atoms with van der Waals surface area (Å²) < 4.78 is 2.21. The Kier molecular flexibility index (Phi) is 3.70. The van der Waals surface area contributed by atoms with Crippen molar-refractivity contribution in [3.8, 4) is 5.75 Å². The molecule has 2 aromatic carbocycles. The second-order valence-corrected chi connectivity index (χ2v) is 6.10. The minimum absolute atomic E-state index is 0.318. The molecule has 1 aromatic heterocycles. The van der Waals surface area contributed by atoms with Gasteiger partial charge in [0.15, 0.2) is 0 Å². The molecular formula is C19H21NO. The molecule has 3 aromatic rings. The molecule has 0 bridgehead atoms. The van der Waals surface area contributed by atoms with Gasteiger partial charge in [0.2, 0.25) is 0 Å². The van der Waals surface area contributed by atoms with Gasteiger partial charge in [-0.2, -0.15) is 0 Å². The zero-order valence-electron chi connectivity index (χ0n) is 12.6. The number of phenolic OH excluding ortho intramolecular Hbond substituents is 1. The van der Waals surface area contributed by atoms with Crippen LogP contribution in [0.15, 0.2) is 54.7 Å². The Bertz CT molecular complexity index is 738. The third-order valence-corrected chi connectivity index (χ3v) is 3.77. The van der Waals surface area contributed by atoms with Crippen molar-refractivity contribution in [2.45, 2.75) is 26.8 Å². The van der Waals surface area contributed by atoms with E-state index in [4.69, 9.17) is 0 Å². The van der Waals surface area contributed by atoms with Gasteiger partial charge in [-0.3, -0.25) is 0 Å². The molecule has 0 aliphatic rings. The predicted octanol–water partition coefficient (Wildman–Crippen LogP) is 4.59. The van der Waals surface area contributed by atoms with Crippen LogP contribution in [0.2, 0.25) is 0 Å². The third kappa shape index (κ3) is 3.10. The average molecular weight is 279 g/mol. The minimum Gasteiger partial charge on any atom is -0.508 e. The fourth-order valence-electron chi connectivity index (χ4n) is 2.77. The van der Waals surface area contributed by atoms with Crippen molar-refractivity contribution in [2.75, 3.05) is 0 Å². The number of hydrogen-bond acceptors (Lipinski definition) is 1. The van der Waals surface area contributed by atoms with Crippen LogP contribution in [-0.2, 0) is 13.0 Å². The van der Waals surface area contributed by atoms with Gasteiger partial charge < -0.3 is 9.67 Å². The van der Waals surface area contributed by atoms with Crippen LogP contribution in [0.25, 0.3) is 10.9 Å². The fraction of sp³-hybridized carbons (Fsp3) is 0.263. The van der Waals surface area contributed by atoms with Gasteiger partial charge in [0, 0.05) is 23.6 Å². The van der Waals surface area contributed by atoms with Crippen LogP contribution >= 0.6 is 0 Å². The van der Waals surface area contributed by atoms with Crippen LogP contribution in [-0.4, -0.2) is 9.67 Å². The number of hydrogen-bond donors (Lipinski definition) is 1. The largest absolute Gasteiger partial charge is 0.508 e. The molecule has 0 saturated heterocycles. The summed E-state index contributed by atoms with van der Waals surface area (Å²) >= 11 is 0. The van der Waals surface area contributed by atoms with Crippen molar-refractivity contribution in [1.29, 1.82) is 0 Å². The SMILES string of the molecule is CC(C)Cc1ccc(Cn2ccc3cc(O)ccc32)cc1. The number of fused-ring (bicyclic) bond motifs is 1. The van der Waals surface area contributed by atoms with Crippen molar-refractivity contribution < 1.29 is 5.11 Å². The van der Waals surface area contributed by atoms with Gasteiger partial charge in [-0.25, -0.2) is 0 Å². The Balaban J connectivity index is 1.81. The van der Waals surface area contributed by atoms with E-state index < -0.39 is 0 Å². The summed E-state index contributed by atoms with van der Waals surface area (Å²) in [6.45, 7) is 5.35. The van der Waals surface area contributed by atoms with E-state index in [0.29, 0.717) is 11.7 Å². The normalized spacial score (nSPS) is 11.4. The number of aromatic nitrogens is 1. The summed E-state index contributed by atoms with van der Waals surface area (Å²) in [7, 11) is 0. The highest BCUT2D eigenvalue weighted by Gasteiger charge is 2.03. The number of benzene rings is 2. The van der Waals surface area contributed by atoms with Crippen LogP contribution in [0.1, 0.15) is 25.0 Å². The summed E-state index contributed by atoms with van der Waals surface area (Å²) in [4.78, 5) is 0. The maximum absolute atomic E-state index is 9.52. The molecule has 0 saturated carbocycles. The molecule has 2 nitrogen and oxygen atoms in total. The molecule has 0 aliphatic carbocycles. The van der Waals surface area contributed by atoms with Crippen LogP contribution in [0.5, 0.6) is 5.75 Å². The monoisotopic (exact) mass is 279 g/mol. The van der Waals surface area contributed by atoms with Crippen molar-refractivity contribution in [1.82, 2.24) is 4.57 Å². The Morgan fingerprint density at radius 2 is 1.67 bits per heavy atom. The second-order valence-electron chi connectivity index (χ2n) is 6.10. The van der Waals surface area contributed by atoms with E-state index in [1.54, 1.807) is 12.1 Å². The molecule has 0 spiro atoms. The summed E-state index contributed by atoms with van der Waals surface area (Å²) in [5.74, 6) is 1.01. The highest BCUT2D eigenvalue weighted by Crippen LogP contribution is 2.22. The Hall–Kier alpha value is -2.22. The second kappa shape index (κ2) is 5.65. The van der Waals surface area contributed by atoms with Crippen LogP contribution in [0, 0.1) is 5.92 Å². The van der Waals surface area contributed by atoms with Crippen molar-refractivity contribution in [2.24, 2.45) is 5.92 Å². The lowest BCUT2D eigenvalue weighted by atomic mass is 10.0. The average Bonchev–Trinajstić information content (AvgIpc) is 2.83. The Morgan fingerprint density at radius 1 is 0.952 bits per heavy atom. The molecule has 0 aliphatic heterocycles. The van der Waals surface area contributed by atoms with Gasteiger partial charge in [0.25, 0.3) is 0 Å². The lowest BCUT2D eigenvalue weighted by Gasteiger charge is -2.08. The zero-order valence-corrected chi connectivity index (χ0v) is 12.6. The number of aromatic hydroxyl groups is 1. The molecule has 0 radical (unpaired) electrons. The van der Waals surface area contributed by atoms with Crippen molar-refractivity contribution in [3.63, 3.8) is 0 Å². The van der Waals surface area contributed by atoms with E-state index in [2.05, 4.69) is 48.9 Å². The summed E-state index contributed by atoms with van der Waals surface area (Å²) in [6, 6.07) is 16.4. The molecule has 0 atom stereocenters. The van der Waals surface area contributed by atoms with E-state index >= 15 is 0 Å².